The zero-order valence-corrected chi connectivity index (χ0v) is 25.3. The van der Waals surface area contributed by atoms with Crippen LogP contribution >= 0.6 is 0 Å². The summed E-state index contributed by atoms with van der Waals surface area (Å²) in [6.07, 6.45) is -1.03. The van der Waals surface area contributed by atoms with Gasteiger partial charge in [0.1, 0.15) is 6.10 Å². The van der Waals surface area contributed by atoms with Gasteiger partial charge in [-0.05, 0) is 44.4 Å². The largest absolute Gasteiger partial charge is 0.388 e. The van der Waals surface area contributed by atoms with Crippen molar-refractivity contribution in [3.05, 3.63) is 70.8 Å². The fourth-order valence-corrected chi connectivity index (χ4v) is 4.12. The first-order valence-electron chi connectivity index (χ1n) is 14.1. The number of amides is 4. The molecule has 2 rings (SSSR count). The first kappa shape index (κ1) is 36.2. The van der Waals surface area contributed by atoms with Gasteiger partial charge in [-0.25, -0.2) is 0 Å². The second kappa shape index (κ2) is 19.3. The lowest BCUT2D eigenvalue weighted by Gasteiger charge is -2.27. The van der Waals surface area contributed by atoms with Crippen LogP contribution in [0, 0.1) is 6.92 Å². The third kappa shape index (κ3) is 12.8. The Morgan fingerprint density at radius 1 is 0.952 bits per heavy atom. The van der Waals surface area contributed by atoms with Gasteiger partial charge in [-0.3, -0.25) is 19.2 Å². The van der Waals surface area contributed by atoms with E-state index in [2.05, 4.69) is 29.7 Å². The number of benzene rings is 2. The molecular formula is C31H46N4O7. The maximum absolute atomic E-state index is 13.0. The number of methoxy groups -OCH3 is 1. The van der Waals surface area contributed by atoms with Crippen molar-refractivity contribution in [3.8, 4) is 0 Å². The quantitative estimate of drug-likeness (QED) is 0.212. The normalized spacial score (nSPS) is 12.6. The molecule has 2 aromatic rings. The number of hydrogen-bond donors (Lipinski definition) is 5. The molecule has 0 aliphatic rings. The second-order valence-electron chi connectivity index (χ2n) is 9.97. The van der Waals surface area contributed by atoms with Crippen LogP contribution in [0.2, 0.25) is 0 Å². The molecule has 0 saturated heterocycles. The zero-order valence-electron chi connectivity index (χ0n) is 25.3. The minimum Gasteiger partial charge on any atom is -0.388 e. The van der Waals surface area contributed by atoms with E-state index < -0.39 is 30.1 Å². The van der Waals surface area contributed by atoms with E-state index in [1.807, 2.05) is 32.0 Å². The van der Waals surface area contributed by atoms with Gasteiger partial charge in [0.05, 0.1) is 12.1 Å². The molecule has 0 spiro atoms. The van der Waals surface area contributed by atoms with E-state index in [1.54, 1.807) is 4.90 Å². The number of aryl methyl sites for hydroxylation is 1. The lowest BCUT2D eigenvalue weighted by molar-refractivity contribution is -0.121. The molecule has 6 N–H and O–H groups in total. The van der Waals surface area contributed by atoms with E-state index in [0.29, 0.717) is 13.1 Å². The summed E-state index contributed by atoms with van der Waals surface area (Å²) in [7, 11) is 1.47. The van der Waals surface area contributed by atoms with Crippen molar-refractivity contribution >= 4 is 23.6 Å². The van der Waals surface area contributed by atoms with Gasteiger partial charge in [0.2, 0.25) is 11.8 Å². The maximum atomic E-state index is 13.0. The third-order valence-corrected chi connectivity index (χ3v) is 6.24. The topological polar surface area (TPSA) is 171 Å². The first-order chi connectivity index (χ1) is 19.9. The highest BCUT2D eigenvalue weighted by Crippen LogP contribution is 2.14. The average molecular weight is 587 g/mol. The molecule has 0 aromatic heterocycles. The van der Waals surface area contributed by atoms with Crippen LogP contribution in [0.1, 0.15) is 76.7 Å². The molecule has 0 bridgehead atoms. The highest BCUT2D eigenvalue weighted by Gasteiger charge is 2.27. The molecular weight excluding hydrogens is 540 g/mol. The van der Waals surface area contributed by atoms with Crippen molar-refractivity contribution in [2.45, 2.75) is 65.2 Å². The average Bonchev–Trinajstić information content (AvgIpc) is 2.97. The van der Waals surface area contributed by atoms with Gasteiger partial charge in [0.25, 0.3) is 11.8 Å². The number of hydrogen-bond acceptors (Lipinski definition) is 7. The van der Waals surface area contributed by atoms with E-state index >= 15 is 0 Å². The van der Waals surface area contributed by atoms with E-state index in [-0.39, 0.29) is 48.1 Å². The number of aliphatic hydroxyl groups excluding tert-OH is 2. The lowest BCUT2D eigenvalue weighted by atomic mass is 10.0. The standard InChI is InChI=1S/C24H38N4O7.C7H8/c1-5-8-28(9-6-2)24(34)18-12-16(22(25)32)11-17(13-18)23(33)26-14-20(30)21(31)19(7-10-35-4)27-15(3)29;1-7-5-3-2-4-6-7/h11-13,19-21,30-31H,5-10,14H2,1-4H3,(H2,25,32)(H,26,33)(H,27,29);2-6H,1H3. The number of nitrogens with zero attached hydrogens (tertiary/aromatic N) is 1. The molecule has 232 valence electrons. The van der Waals surface area contributed by atoms with Gasteiger partial charge >= 0.3 is 0 Å². The van der Waals surface area contributed by atoms with Crippen LogP contribution in [0.5, 0.6) is 0 Å². The van der Waals surface area contributed by atoms with E-state index in [0.717, 1.165) is 12.8 Å². The van der Waals surface area contributed by atoms with Crippen LogP contribution in [0.25, 0.3) is 0 Å². The Labute approximate surface area is 248 Å². The molecule has 2 aromatic carbocycles. The molecule has 11 heteroatoms. The molecule has 3 unspecified atom stereocenters. The number of carbonyl (C=O) groups excluding carboxylic acids is 4. The summed E-state index contributed by atoms with van der Waals surface area (Å²) in [5.41, 5.74) is 6.89. The van der Waals surface area contributed by atoms with E-state index in [9.17, 15) is 29.4 Å². The number of primary amides is 1. The second-order valence-corrected chi connectivity index (χ2v) is 9.97. The number of nitrogens with two attached hydrogens (primary N) is 1. The van der Waals surface area contributed by atoms with Gasteiger partial charge in [0, 0.05) is 57.0 Å². The predicted octanol–water partition coefficient (Wildman–Crippen LogP) is 2.04. The van der Waals surface area contributed by atoms with Crippen molar-refractivity contribution in [1.82, 2.24) is 15.5 Å². The fraction of sp³-hybridized carbons (Fsp3) is 0.484. The molecule has 3 atom stereocenters. The minimum atomic E-state index is -1.40. The monoisotopic (exact) mass is 586 g/mol. The van der Waals surface area contributed by atoms with Gasteiger partial charge in [-0.1, -0.05) is 49.7 Å². The Kier molecular flexibility index (Phi) is 16.7. The van der Waals surface area contributed by atoms with Gasteiger partial charge in [0.15, 0.2) is 0 Å². The summed E-state index contributed by atoms with van der Waals surface area (Å²) in [6, 6.07) is 13.5. The van der Waals surface area contributed by atoms with Crippen LogP contribution in [0.15, 0.2) is 48.5 Å². The molecule has 42 heavy (non-hydrogen) atoms. The molecule has 0 radical (unpaired) electrons. The number of carbonyl (C=O) groups is 4. The van der Waals surface area contributed by atoms with Crippen LogP contribution in [0.4, 0.5) is 0 Å². The predicted molar refractivity (Wildman–Crippen MR) is 161 cm³/mol. The fourth-order valence-electron chi connectivity index (χ4n) is 4.12. The third-order valence-electron chi connectivity index (χ3n) is 6.24. The van der Waals surface area contributed by atoms with Crippen molar-refractivity contribution < 1.29 is 34.1 Å². The van der Waals surface area contributed by atoms with Gasteiger partial charge in [-0.2, -0.15) is 0 Å². The number of rotatable bonds is 15. The SMILES string of the molecule is CCCN(CCC)C(=O)c1cc(C(N)=O)cc(C(=O)NCC(O)C(O)C(CCOC)NC(C)=O)c1.Cc1ccccc1. The summed E-state index contributed by atoms with van der Waals surface area (Å²) in [5, 5.41) is 25.9. The first-order valence-corrected chi connectivity index (χ1v) is 14.1. The number of aliphatic hydroxyl groups is 2. The van der Waals surface area contributed by atoms with Crippen LogP contribution in [0.3, 0.4) is 0 Å². The molecule has 0 fully saturated rings. The van der Waals surface area contributed by atoms with E-state index in [1.165, 1.54) is 37.8 Å². The number of nitrogens with one attached hydrogen (secondary N) is 2. The van der Waals surface area contributed by atoms with Crippen molar-refractivity contribution in [3.63, 3.8) is 0 Å². The summed E-state index contributed by atoms with van der Waals surface area (Å²) >= 11 is 0. The Morgan fingerprint density at radius 2 is 1.52 bits per heavy atom. The van der Waals surface area contributed by atoms with Crippen LogP contribution in [-0.2, 0) is 9.53 Å². The van der Waals surface area contributed by atoms with Crippen molar-refractivity contribution in [1.29, 1.82) is 0 Å². The maximum Gasteiger partial charge on any atom is 0.253 e. The molecule has 0 saturated carbocycles. The lowest BCUT2D eigenvalue weighted by Crippen LogP contribution is -2.51. The molecule has 0 aliphatic carbocycles. The summed E-state index contributed by atoms with van der Waals surface area (Å²) in [4.78, 5) is 50.7. The minimum absolute atomic E-state index is 0.000169. The van der Waals surface area contributed by atoms with Crippen molar-refractivity contribution in [2.75, 3.05) is 33.4 Å². The van der Waals surface area contributed by atoms with Crippen molar-refractivity contribution in [2.24, 2.45) is 5.73 Å². The summed E-state index contributed by atoms with van der Waals surface area (Å²) < 4.78 is 4.97. The van der Waals surface area contributed by atoms with Crippen LogP contribution in [-0.4, -0.2) is 90.3 Å². The Bertz CT molecular complexity index is 1140. The Balaban J connectivity index is 0.00000109. The van der Waals surface area contributed by atoms with Gasteiger partial charge < -0.3 is 36.2 Å². The molecule has 0 heterocycles. The summed E-state index contributed by atoms with van der Waals surface area (Å²) in [6.45, 7) is 8.21. The van der Waals surface area contributed by atoms with Crippen LogP contribution < -0.4 is 16.4 Å². The summed E-state index contributed by atoms with van der Waals surface area (Å²) in [5.74, 6) is -2.17. The Morgan fingerprint density at radius 3 is 2.00 bits per heavy atom. The molecule has 0 aliphatic heterocycles. The highest BCUT2D eigenvalue weighted by atomic mass is 16.5. The smallest absolute Gasteiger partial charge is 0.253 e. The number of ether oxygens (including phenoxy) is 1. The Hall–Kier alpha value is -3.80. The zero-order chi connectivity index (χ0) is 31.7. The molecule has 4 amide bonds. The van der Waals surface area contributed by atoms with Gasteiger partial charge in [-0.15, -0.1) is 0 Å². The molecule has 11 nitrogen and oxygen atoms in total. The van der Waals surface area contributed by atoms with E-state index in [4.69, 9.17) is 10.5 Å². The highest BCUT2D eigenvalue weighted by molar-refractivity contribution is 6.04.